The molecule has 5 heteroatoms. The zero-order chi connectivity index (χ0) is 19.2. The second-order valence-corrected chi connectivity index (χ2v) is 7.14. The highest BCUT2D eigenvalue weighted by atomic mass is 32.1. The summed E-state index contributed by atoms with van der Waals surface area (Å²) in [5.41, 5.74) is 4.32. The number of amides is 1. The maximum Gasteiger partial charge on any atom is 0.261 e. The average molecular weight is 381 g/mol. The molecule has 3 rings (SSSR count). The van der Waals surface area contributed by atoms with E-state index in [-0.39, 0.29) is 5.91 Å². The number of nitrogens with one attached hydrogen (secondary N) is 1. The third-order valence-electron chi connectivity index (χ3n) is 4.38. The first-order valence-corrected chi connectivity index (χ1v) is 9.64. The number of hydrogen-bond acceptors (Lipinski definition) is 4. The number of aryl methyl sites for hydroxylation is 1. The second-order valence-electron chi connectivity index (χ2n) is 6.22. The molecule has 140 valence electrons. The normalized spacial score (nSPS) is 10.5. The first kappa shape index (κ1) is 19.0. The van der Waals surface area contributed by atoms with Crippen molar-refractivity contribution in [2.75, 3.05) is 20.8 Å². The summed E-state index contributed by atoms with van der Waals surface area (Å²) in [6, 6.07) is 16.0. The van der Waals surface area contributed by atoms with Gasteiger partial charge in [0.25, 0.3) is 5.91 Å². The number of methoxy groups -OCH3 is 2. The molecule has 4 nitrogen and oxygen atoms in total. The van der Waals surface area contributed by atoms with Crippen molar-refractivity contribution < 1.29 is 14.3 Å². The van der Waals surface area contributed by atoms with Crippen LogP contribution in [0, 0.1) is 6.92 Å². The van der Waals surface area contributed by atoms with Crippen LogP contribution < -0.4 is 14.8 Å². The van der Waals surface area contributed by atoms with Crippen LogP contribution in [0.15, 0.2) is 53.9 Å². The molecule has 1 amide bonds. The molecule has 2 aromatic carbocycles. The first-order chi connectivity index (χ1) is 13.1. The summed E-state index contributed by atoms with van der Waals surface area (Å²) in [5.74, 6) is 1.36. The zero-order valence-electron chi connectivity index (χ0n) is 15.7. The minimum absolute atomic E-state index is 0.0407. The molecule has 0 saturated heterocycles. The Bertz CT molecular complexity index is 916. The number of carbonyl (C=O) groups is 1. The maximum atomic E-state index is 12.6. The topological polar surface area (TPSA) is 47.6 Å². The molecule has 0 saturated carbocycles. The molecule has 0 aliphatic carbocycles. The van der Waals surface area contributed by atoms with E-state index in [0.29, 0.717) is 18.0 Å². The molecule has 0 atom stereocenters. The Morgan fingerprint density at radius 1 is 1.00 bits per heavy atom. The molecular formula is C22H23NO3S. The van der Waals surface area contributed by atoms with E-state index in [1.807, 2.05) is 29.6 Å². The molecule has 3 aromatic rings. The van der Waals surface area contributed by atoms with Gasteiger partial charge in [-0.25, -0.2) is 0 Å². The molecule has 0 aliphatic rings. The lowest BCUT2D eigenvalue weighted by atomic mass is 10.0. The average Bonchev–Trinajstić information content (AvgIpc) is 3.18. The van der Waals surface area contributed by atoms with Crippen molar-refractivity contribution in [2.45, 2.75) is 13.3 Å². The van der Waals surface area contributed by atoms with E-state index in [9.17, 15) is 4.79 Å². The molecule has 1 N–H and O–H groups in total. The Hall–Kier alpha value is -2.79. The van der Waals surface area contributed by atoms with Crippen LogP contribution in [0.2, 0.25) is 0 Å². The third kappa shape index (κ3) is 4.49. The third-order valence-corrected chi connectivity index (χ3v) is 5.29. The molecule has 0 aliphatic heterocycles. The van der Waals surface area contributed by atoms with Crippen molar-refractivity contribution in [3.05, 3.63) is 69.9 Å². The number of ether oxygens (including phenoxy) is 2. The molecule has 0 unspecified atom stereocenters. The fourth-order valence-corrected chi connectivity index (χ4v) is 3.71. The fourth-order valence-electron chi connectivity index (χ4n) is 2.88. The highest BCUT2D eigenvalue weighted by Gasteiger charge is 2.14. The Morgan fingerprint density at radius 2 is 1.74 bits per heavy atom. The quantitative estimate of drug-likeness (QED) is 0.645. The van der Waals surface area contributed by atoms with Crippen molar-refractivity contribution in [3.63, 3.8) is 0 Å². The van der Waals surface area contributed by atoms with Crippen LogP contribution in [0.1, 0.15) is 20.8 Å². The summed E-state index contributed by atoms with van der Waals surface area (Å²) in [6.45, 7) is 2.61. The van der Waals surface area contributed by atoms with Crippen LogP contribution in [0.3, 0.4) is 0 Å². The number of benzene rings is 2. The minimum Gasteiger partial charge on any atom is -0.493 e. The molecular weight excluding hydrogens is 358 g/mol. The number of thiophene rings is 1. The Balaban J connectivity index is 1.64. The van der Waals surface area contributed by atoms with Crippen molar-refractivity contribution >= 4 is 17.2 Å². The molecule has 0 spiro atoms. The number of rotatable bonds is 7. The molecule has 1 heterocycles. The lowest BCUT2D eigenvalue weighted by Gasteiger charge is -2.10. The van der Waals surface area contributed by atoms with Gasteiger partial charge in [0.15, 0.2) is 11.5 Å². The van der Waals surface area contributed by atoms with Gasteiger partial charge in [-0.2, -0.15) is 0 Å². The smallest absolute Gasteiger partial charge is 0.261 e. The van der Waals surface area contributed by atoms with Crippen LogP contribution in [0.5, 0.6) is 11.5 Å². The lowest BCUT2D eigenvalue weighted by molar-refractivity contribution is 0.0959. The van der Waals surface area contributed by atoms with Crippen LogP contribution in [-0.2, 0) is 6.42 Å². The predicted octanol–water partition coefficient (Wildman–Crippen LogP) is 4.71. The van der Waals surface area contributed by atoms with Gasteiger partial charge in [-0.05, 0) is 48.1 Å². The van der Waals surface area contributed by atoms with Gasteiger partial charge in [0.1, 0.15) is 0 Å². The summed E-state index contributed by atoms with van der Waals surface area (Å²) >= 11 is 1.47. The molecule has 27 heavy (non-hydrogen) atoms. The standard InChI is InChI=1S/C22H23NO3S/c1-15-4-7-17(8-5-15)18-11-13-27-21(18)22(24)23-12-10-16-6-9-19(25-2)20(14-16)26-3/h4-9,11,13-14H,10,12H2,1-3H3,(H,23,24). The van der Waals surface area contributed by atoms with E-state index < -0.39 is 0 Å². The van der Waals surface area contributed by atoms with Gasteiger partial charge in [-0.1, -0.05) is 35.9 Å². The van der Waals surface area contributed by atoms with Crippen molar-refractivity contribution in [3.8, 4) is 22.6 Å². The monoisotopic (exact) mass is 381 g/mol. The van der Waals surface area contributed by atoms with E-state index in [0.717, 1.165) is 28.0 Å². The van der Waals surface area contributed by atoms with Gasteiger partial charge < -0.3 is 14.8 Å². The van der Waals surface area contributed by atoms with Crippen LogP contribution in [-0.4, -0.2) is 26.7 Å². The highest BCUT2D eigenvalue weighted by Crippen LogP contribution is 2.29. The highest BCUT2D eigenvalue weighted by molar-refractivity contribution is 7.12. The fraction of sp³-hybridized carbons (Fsp3) is 0.227. The Labute approximate surface area is 163 Å². The van der Waals surface area contributed by atoms with Gasteiger partial charge in [-0.15, -0.1) is 11.3 Å². The van der Waals surface area contributed by atoms with E-state index in [4.69, 9.17) is 9.47 Å². The predicted molar refractivity (Wildman–Crippen MR) is 110 cm³/mol. The molecule has 1 aromatic heterocycles. The van der Waals surface area contributed by atoms with E-state index in [1.54, 1.807) is 14.2 Å². The summed E-state index contributed by atoms with van der Waals surface area (Å²) in [5, 5.41) is 4.98. The van der Waals surface area contributed by atoms with E-state index >= 15 is 0 Å². The minimum atomic E-state index is -0.0407. The van der Waals surface area contributed by atoms with Crippen LogP contribution in [0.4, 0.5) is 0 Å². The summed E-state index contributed by atoms with van der Waals surface area (Å²) in [6.07, 6.45) is 0.720. The number of carbonyl (C=O) groups excluding carboxylic acids is 1. The van der Waals surface area contributed by atoms with Crippen LogP contribution >= 0.6 is 11.3 Å². The molecule has 0 bridgehead atoms. The van der Waals surface area contributed by atoms with Crippen LogP contribution in [0.25, 0.3) is 11.1 Å². The SMILES string of the molecule is COc1ccc(CCNC(=O)c2sccc2-c2ccc(C)cc2)cc1OC. The first-order valence-electron chi connectivity index (χ1n) is 8.76. The zero-order valence-corrected chi connectivity index (χ0v) is 16.6. The van der Waals surface area contributed by atoms with Gasteiger partial charge in [0, 0.05) is 12.1 Å². The largest absolute Gasteiger partial charge is 0.493 e. The van der Waals surface area contributed by atoms with Gasteiger partial charge in [0.05, 0.1) is 19.1 Å². The second kappa shape index (κ2) is 8.73. The lowest BCUT2D eigenvalue weighted by Crippen LogP contribution is -2.25. The van der Waals surface area contributed by atoms with Gasteiger partial charge in [-0.3, -0.25) is 4.79 Å². The van der Waals surface area contributed by atoms with Gasteiger partial charge >= 0.3 is 0 Å². The number of hydrogen-bond donors (Lipinski definition) is 1. The maximum absolute atomic E-state index is 12.6. The molecule has 0 fully saturated rings. The Kier molecular flexibility index (Phi) is 6.14. The van der Waals surface area contributed by atoms with Crippen molar-refractivity contribution in [2.24, 2.45) is 0 Å². The van der Waals surface area contributed by atoms with E-state index in [2.05, 4.69) is 36.5 Å². The summed E-state index contributed by atoms with van der Waals surface area (Å²) in [7, 11) is 3.23. The van der Waals surface area contributed by atoms with E-state index in [1.165, 1.54) is 16.9 Å². The summed E-state index contributed by atoms with van der Waals surface area (Å²) in [4.78, 5) is 13.4. The van der Waals surface area contributed by atoms with Gasteiger partial charge in [0.2, 0.25) is 0 Å². The Morgan fingerprint density at radius 3 is 2.44 bits per heavy atom. The molecule has 0 radical (unpaired) electrons. The van der Waals surface area contributed by atoms with Crippen molar-refractivity contribution in [1.29, 1.82) is 0 Å². The summed E-state index contributed by atoms with van der Waals surface area (Å²) < 4.78 is 10.6. The van der Waals surface area contributed by atoms with Crippen molar-refractivity contribution in [1.82, 2.24) is 5.32 Å².